The summed E-state index contributed by atoms with van der Waals surface area (Å²) in [6.07, 6.45) is 5.69. The van der Waals surface area contributed by atoms with E-state index in [-0.39, 0.29) is 18.1 Å². The lowest BCUT2D eigenvalue weighted by Gasteiger charge is -2.32. The highest BCUT2D eigenvalue weighted by atomic mass is 35.5. The number of ether oxygens (including phenoxy) is 3. The minimum Gasteiger partial charge on any atom is -0.489 e. The van der Waals surface area contributed by atoms with E-state index in [9.17, 15) is 9.59 Å². The molecule has 3 aromatic heterocycles. The Hall–Kier alpha value is -4.61. The van der Waals surface area contributed by atoms with Gasteiger partial charge in [-0.1, -0.05) is 49.7 Å². The summed E-state index contributed by atoms with van der Waals surface area (Å²) in [5, 5.41) is 1.17. The van der Waals surface area contributed by atoms with Gasteiger partial charge in [-0.2, -0.15) is 0 Å². The zero-order chi connectivity index (χ0) is 33.1. The van der Waals surface area contributed by atoms with Gasteiger partial charge in [0.2, 0.25) is 0 Å². The maximum Gasteiger partial charge on any atom is 0.409 e. The lowest BCUT2D eigenvalue weighted by Crippen LogP contribution is -2.42. The van der Waals surface area contributed by atoms with Crippen LogP contribution in [0.25, 0.3) is 27.2 Å². The van der Waals surface area contributed by atoms with Crippen molar-refractivity contribution >= 4 is 46.0 Å². The van der Waals surface area contributed by atoms with Gasteiger partial charge >= 0.3 is 6.09 Å². The fourth-order valence-corrected chi connectivity index (χ4v) is 6.74. The Morgan fingerprint density at radius 3 is 2.57 bits per heavy atom. The molecular weight excluding hydrogens is 638 g/mol. The summed E-state index contributed by atoms with van der Waals surface area (Å²) >= 11 is 8.09. The van der Waals surface area contributed by atoms with Gasteiger partial charge in [0.05, 0.1) is 22.7 Å². The number of carbonyl (C=O) groups is 2. The van der Waals surface area contributed by atoms with Gasteiger partial charge < -0.3 is 24.8 Å². The maximum absolute atomic E-state index is 12.5. The van der Waals surface area contributed by atoms with Crippen molar-refractivity contribution in [1.29, 1.82) is 0 Å². The Balaban J connectivity index is 1.16. The quantitative estimate of drug-likeness (QED) is 0.161. The zero-order valence-electron chi connectivity index (χ0n) is 26.4. The third-order valence-corrected chi connectivity index (χ3v) is 9.49. The molecule has 12 heteroatoms. The predicted octanol–water partition coefficient (Wildman–Crippen LogP) is 7.68. The maximum atomic E-state index is 12.5. The van der Waals surface area contributed by atoms with Gasteiger partial charge in [-0.3, -0.25) is 14.3 Å². The molecule has 1 aliphatic rings. The molecule has 0 saturated carbocycles. The molecule has 2 N–H and O–H groups in total. The number of hydrogen-bond donors (Lipinski definition) is 1. The monoisotopic (exact) mass is 673 g/mol. The van der Waals surface area contributed by atoms with Crippen molar-refractivity contribution in [2.24, 2.45) is 11.7 Å². The second kappa shape index (κ2) is 14.0. The van der Waals surface area contributed by atoms with Crippen molar-refractivity contribution in [3.8, 4) is 27.6 Å². The Morgan fingerprint density at radius 2 is 1.85 bits per heavy atom. The first-order valence-corrected chi connectivity index (χ1v) is 16.7. The Morgan fingerprint density at radius 1 is 1.04 bits per heavy atom. The smallest absolute Gasteiger partial charge is 0.409 e. The minimum atomic E-state index is -0.589. The Labute approximate surface area is 282 Å². The summed E-state index contributed by atoms with van der Waals surface area (Å²) in [5.41, 5.74) is 10.2. The highest BCUT2D eigenvalue weighted by Gasteiger charge is 2.27. The number of primary amides is 1. The van der Waals surface area contributed by atoms with Crippen LogP contribution < -0.4 is 15.2 Å². The van der Waals surface area contributed by atoms with E-state index in [1.807, 2.05) is 80.1 Å². The summed E-state index contributed by atoms with van der Waals surface area (Å²) in [7, 11) is 0. The molecule has 4 heterocycles. The molecule has 5 aromatic rings. The SMILES string of the molecule is CC(C)COC(=O)N1CCC(Oc2cccc([C@@H](C)Oc3cc(-n4cnc5cc(-c6cccnc6)ccc54)sc3C(N)=O)c2Cl)CC1. The molecule has 244 valence electrons. The normalized spacial score (nSPS) is 14.4. The number of hydrogen-bond acceptors (Lipinski definition) is 8. The molecule has 1 saturated heterocycles. The van der Waals surface area contributed by atoms with E-state index in [1.165, 1.54) is 11.3 Å². The lowest BCUT2D eigenvalue weighted by atomic mass is 10.1. The van der Waals surface area contributed by atoms with Crippen LogP contribution in [0.15, 0.2) is 73.3 Å². The van der Waals surface area contributed by atoms with Gasteiger partial charge in [0.15, 0.2) is 0 Å². The molecule has 0 unspecified atom stereocenters. The molecule has 2 amide bonds. The van der Waals surface area contributed by atoms with Crippen LogP contribution in [0.1, 0.15) is 55.0 Å². The number of carbonyl (C=O) groups excluding carboxylic acids is 2. The molecule has 0 bridgehead atoms. The summed E-state index contributed by atoms with van der Waals surface area (Å²) in [4.78, 5) is 35.7. The van der Waals surface area contributed by atoms with Crippen molar-refractivity contribution in [1.82, 2.24) is 19.4 Å². The molecule has 1 fully saturated rings. The van der Waals surface area contributed by atoms with Crippen LogP contribution in [0.2, 0.25) is 5.02 Å². The second-order valence-corrected chi connectivity index (χ2v) is 13.3. The number of nitrogens with two attached hydrogens (primary N) is 1. The Kier molecular flexibility index (Phi) is 9.65. The first-order valence-electron chi connectivity index (χ1n) is 15.5. The number of thiophene rings is 1. The third-order valence-electron chi connectivity index (χ3n) is 7.96. The molecule has 1 aliphatic heterocycles. The summed E-state index contributed by atoms with van der Waals surface area (Å²) < 4.78 is 19.9. The first kappa shape index (κ1) is 32.3. The zero-order valence-corrected chi connectivity index (χ0v) is 28.0. The number of pyridine rings is 1. The number of benzene rings is 2. The molecule has 0 radical (unpaired) electrons. The van der Waals surface area contributed by atoms with Crippen LogP contribution >= 0.6 is 22.9 Å². The number of likely N-dealkylation sites (tertiary alicyclic amines) is 1. The van der Waals surface area contributed by atoms with Gasteiger partial charge in [0, 0.05) is 55.5 Å². The van der Waals surface area contributed by atoms with Crippen LogP contribution in [0.4, 0.5) is 4.79 Å². The highest BCUT2D eigenvalue weighted by Crippen LogP contribution is 2.39. The average Bonchev–Trinajstić information content (AvgIpc) is 3.69. The Bertz CT molecular complexity index is 1880. The van der Waals surface area contributed by atoms with E-state index in [2.05, 4.69) is 9.97 Å². The van der Waals surface area contributed by atoms with E-state index >= 15 is 0 Å². The van der Waals surface area contributed by atoms with Crippen LogP contribution in [0.5, 0.6) is 11.5 Å². The van der Waals surface area contributed by atoms with E-state index in [0.29, 0.717) is 59.5 Å². The molecule has 1 atom stereocenters. The van der Waals surface area contributed by atoms with Crippen LogP contribution in [0.3, 0.4) is 0 Å². The number of piperidine rings is 1. The molecule has 47 heavy (non-hydrogen) atoms. The van der Waals surface area contributed by atoms with E-state index in [0.717, 1.165) is 27.2 Å². The van der Waals surface area contributed by atoms with Crippen molar-refractivity contribution < 1.29 is 23.8 Å². The molecular formula is C35H36ClN5O5S. The molecule has 10 nitrogen and oxygen atoms in total. The predicted molar refractivity (Wildman–Crippen MR) is 183 cm³/mol. The van der Waals surface area contributed by atoms with Crippen LogP contribution in [-0.2, 0) is 4.74 Å². The van der Waals surface area contributed by atoms with E-state index in [4.69, 9.17) is 31.5 Å². The van der Waals surface area contributed by atoms with Crippen LogP contribution in [0, 0.1) is 5.92 Å². The van der Waals surface area contributed by atoms with E-state index in [1.54, 1.807) is 23.5 Å². The van der Waals surface area contributed by atoms with Gasteiger partial charge in [-0.05, 0) is 42.7 Å². The van der Waals surface area contributed by atoms with Gasteiger partial charge in [-0.15, -0.1) is 11.3 Å². The fourth-order valence-electron chi connectivity index (χ4n) is 5.49. The standard InChI is InChI=1S/C35H36ClN5O5S/c1-21(2)19-44-35(43)40-14-11-25(12-15-40)46-29-8-4-7-26(32(29)36)22(3)45-30-17-31(47-33(30)34(37)42)41-20-39-27-16-23(9-10-28(27)41)24-6-5-13-38-18-24/h4-10,13,16-18,20-22,25H,11-12,14-15,19H2,1-3H3,(H2,37,42)/t22-/m1/s1. The number of nitrogens with zero attached hydrogens (tertiary/aromatic N) is 4. The van der Waals surface area contributed by atoms with Crippen molar-refractivity contribution in [3.63, 3.8) is 0 Å². The average molecular weight is 674 g/mol. The number of amides is 2. The number of aromatic nitrogens is 3. The number of imidazole rings is 1. The van der Waals surface area contributed by atoms with Crippen molar-refractivity contribution in [3.05, 3.63) is 88.8 Å². The topological polar surface area (TPSA) is 122 Å². The third kappa shape index (κ3) is 7.21. The fraction of sp³-hybridized carbons (Fsp3) is 0.314. The van der Waals surface area contributed by atoms with Crippen LogP contribution in [-0.4, -0.2) is 57.2 Å². The van der Waals surface area contributed by atoms with Crippen molar-refractivity contribution in [2.75, 3.05) is 19.7 Å². The largest absolute Gasteiger partial charge is 0.489 e. The molecule has 2 aromatic carbocycles. The van der Waals surface area contributed by atoms with E-state index < -0.39 is 12.0 Å². The van der Waals surface area contributed by atoms with Gasteiger partial charge in [0.1, 0.15) is 39.9 Å². The van der Waals surface area contributed by atoms with Gasteiger partial charge in [-0.25, -0.2) is 9.78 Å². The second-order valence-electron chi connectivity index (χ2n) is 11.9. The summed E-state index contributed by atoms with van der Waals surface area (Å²) in [6.45, 7) is 7.38. The lowest BCUT2D eigenvalue weighted by molar-refractivity contribution is 0.0617. The number of fused-ring (bicyclic) bond motifs is 1. The molecule has 0 spiro atoms. The summed E-state index contributed by atoms with van der Waals surface area (Å²) in [6, 6.07) is 17.3. The van der Waals surface area contributed by atoms with Gasteiger partial charge in [0.25, 0.3) is 5.91 Å². The van der Waals surface area contributed by atoms with Crippen molar-refractivity contribution in [2.45, 2.75) is 45.8 Å². The molecule has 0 aliphatic carbocycles. The number of rotatable bonds is 10. The minimum absolute atomic E-state index is 0.0977. The number of halogens is 1. The summed E-state index contributed by atoms with van der Waals surface area (Å²) in [5.74, 6) is 0.596. The first-order chi connectivity index (χ1) is 22.7. The molecule has 6 rings (SSSR count). The highest BCUT2D eigenvalue weighted by molar-refractivity contribution is 7.16.